The van der Waals surface area contributed by atoms with Gasteiger partial charge in [0.2, 0.25) is 5.78 Å². The Morgan fingerprint density at radius 2 is 1.73 bits per heavy atom. The Morgan fingerprint density at radius 1 is 1.00 bits per heavy atom. The molecule has 1 unspecified atom stereocenters. The Kier molecular flexibility index (Phi) is 6.62. The molecule has 3 aromatic rings. The van der Waals surface area contributed by atoms with Crippen molar-refractivity contribution in [3.63, 3.8) is 0 Å². The number of allylic oxidation sites excluding steroid dienone is 4. The monoisotopic (exact) mass is 547 g/mol. The molecule has 40 heavy (non-hydrogen) atoms. The van der Waals surface area contributed by atoms with Gasteiger partial charge in [0.25, 0.3) is 0 Å². The van der Waals surface area contributed by atoms with Crippen LogP contribution in [0.15, 0.2) is 107 Å². The molecule has 0 radical (unpaired) electrons. The number of hydrazone groups is 1. The number of alkyl halides is 3. The Labute approximate surface area is 225 Å². The number of carbonyl (C=O) groups excluding carboxylic acids is 1. The molecule has 11 heteroatoms. The van der Waals surface area contributed by atoms with Crippen LogP contribution in [0, 0.1) is 5.21 Å². The number of halogens is 3. The van der Waals surface area contributed by atoms with Gasteiger partial charge in [-0.3, -0.25) is 14.9 Å². The second kappa shape index (κ2) is 9.95. The quantitative estimate of drug-likeness (QED) is 0.118. The second-order valence-corrected chi connectivity index (χ2v) is 9.11. The molecule has 0 saturated heterocycles. The number of aromatic carboxylic acids is 1. The molecule has 0 spiro atoms. The number of nitrogens with one attached hydrogen (secondary N) is 1. The lowest BCUT2D eigenvalue weighted by Crippen LogP contribution is -2.43. The fraction of sp³-hybridized carbons (Fsp3) is 0.0690. The Hall–Kier alpha value is -5.00. The van der Waals surface area contributed by atoms with Gasteiger partial charge in [-0.05, 0) is 53.6 Å². The molecule has 0 bridgehead atoms. The summed E-state index contributed by atoms with van der Waals surface area (Å²) in [5.74, 6) is -1.89. The number of anilines is 1. The lowest BCUT2D eigenvalue weighted by molar-refractivity contribution is -0.137. The summed E-state index contributed by atoms with van der Waals surface area (Å²) >= 11 is 0. The Morgan fingerprint density at radius 3 is 2.42 bits per heavy atom. The highest BCUT2D eigenvalue weighted by atomic mass is 19.4. The van der Waals surface area contributed by atoms with E-state index in [1.165, 1.54) is 36.6 Å². The first-order chi connectivity index (χ1) is 19.0. The van der Waals surface area contributed by atoms with Crippen LogP contribution >= 0.6 is 0 Å². The fourth-order valence-corrected chi connectivity index (χ4v) is 4.41. The van der Waals surface area contributed by atoms with Gasteiger partial charge >= 0.3 is 12.1 Å². The average molecular weight is 547 g/mol. The number of hydrogen-bond donors (Lipinski definition) is 3. The van der Waals surface area contributed by atoms with Crippen molar-refractivity contribution in [3.05, 3.63) is 119 Å². The summed E-state index contributed by atoms with van der Waals surface area (Å²) in [5.41, 5.74) is 3.36. The molecule has 202 valence electrons. The van der Waals surface area contributed by atoms with Crippen molar-refractivity contribution in [2.24, 2.45) is 5.10 Å². The van der Waals surface area contributed by atoms with Gasteiger partial charge < -0.3 is 15.4 Å². The summed E-state index contributed by atoms with van der Waals surface area (Å²) in [6.45, 7) is -0.347. The van der Waals surface area contributed by atoms with Crippen molar-refractivity contribution in [1.82, 2.24) is 4.65 Å². The van der Waals surface area contributed by atoms with E-state index in [-0.39, 0.29) is 40.5 Å². The SMILES string of the molecule is O=C1C(=NNc2cccc(-c3cccc(C(=O)O)c3)c2O)C=CC2=C1C[N+]([O-])(c1ccc(C(F)(F)F)cc1)C=C2. The van der Waals surface area contributed by atoms with Gasteiger partial charge in [-0.15, -0.1) is 0 Å². The van der Waals surface area contributed by atoms with Crippen LogP contribution in [0.1, 0.15) is 15.9 Å². The number of phenols is 1. The Balaban J connectivity index is 1.37. The van der Waals surface area contributed by atoms with Crippen molar-refractivity contribution in [2.45, 2.75) is 6.18 Å². The smallest absolute Gasteiger partial charge is 0.416 e. The summed E-state index contributed by atoms with van der Waals surface area (Å²) in [7, 11) is 0. The molecule has 8 nitrogen and oxygen atoms in total. The first kappa shape index (κ1) is 26.6. The minimum absolute atomic E-state index is 0.0310. The third kappa shape index (κ3) is 5.03. The van der Waals surface area contributed by atoms with E-state index in [1.54, 1.807) is 30.3 Å². The maximum atomic E-state index is 13.5. The number of ketones is 1. The van der Waals surface area contributed by atoms with Crippen molar-refractivity contribution < 1.29 is 33.0 Å². The number of aromatic hydroxyl groups is 1. The standard InChI is InChI=1S/C29H20F3N3O5/c30-29(31,32)20-8-10-21(11-9-20)35(40)14-13-17-7-12-25(27(37)23(17)16-35)34-33-24-6-2-5-22(26(24)36)18-3-1-4-19(15-18)28(38)39/h1-15,33,36H,16H2,(H,38,39). The van der Waals surface area contributed by atoms with Crippen LogP contribution in [0.4, 0.5) is 24.5 Å². The molecule has 5 rings (SSSR count). The molecular formula is C29H20F3N3O5. The zero-order valence-electron chi connectivity index (χ0n) is 20.5. The van der Waals surface area contributed by atoms with Crippen molar-refractivity contribution in [2.75, 3.05) is 12.0 Å². The summed E-state index contributed by atoms with van der Waals surface area (Å²) in [5, 5.41) is 37.7. The number of carboxylic acids is 1. The molecule has 1 atom stereocenters. The number of carboxylic acid groups (broad SMARTS) is 1. The number of phenolic OH excluding ortho intramolecular Hbond substituents is 1. The summed E-state index contributed by atoms with van der Waals surface area (Å²) < 4.78 is 37.6. The van der Waals surface area contributed by atoms with E-state index >= 15 is 0 Å². The molecule has 0 amide bonds. The van der Waals surface area contributed by atoms with Crippen LogP contribution in [0.5, 0.6) is 5.75 Å². The number of nitrogens with zero attached hydrogens (tertiary/aromatic N) is 2. The second-order valence-electron chi connectivity index (χ2n) is 9.11. The highest BCUT2D eigenvalue weighted by Crippen LogP contribution is 2.37. The van der Waals surface area contributed by atoms with E-state index in [9.17, 15) is 38.2 Å². The number of Topliss-reactive ketones (excluding diaryl/α,β-unsaturated/α-hetero) is 1. The first-order valence-corrected chi connectivity index (χ1v) is 11.9. The Bertz CT molecular complexity index is 1660. The molecule has 1 aliphatic heterocycles. The summed E-state index contributed by atoms with van der Waals surface area (Å²) in [4.78, 5) is 24.5. The number of rotatable bonds is 5. The summed E-state index contributed by atoms with van der Waals surface area (Å²) in [6, 6.07) is 14.6. The van der Waals surface area contributed by atoms with Crippen LogP contribution in [-0.4, -0.2) is 34.2 Å². The number of para-hydroxylation sites is 1. The number of quaternary nitrogens is 1. The fourth-order valence-electron chi connectivity index (χ4n) is 4.41. The third-order valence-corrected chi connectivity index (χ3v) is 6.55. The predicted molar refractivity (Wildman–Crippen MR) is 143 cm³/mol. The van der Waals surface area contributed by atoms with E-state index in [0.717, 1.165) is 24.3 Å². The van der Waals surface area contributed by atoms with Gasteiger partial charge in [-0.2, -0.15) is 18.3 Å². The van der Waals surface area contributed by atoms with E-state index in [4.69, 9.17) is 0 Å². The van der Waals surface area contributed by atoms with Crippen LogP contribution in [0.2, 0.25) is 0 Å². The minimum atomic E-state index is -4.54. The molecule has 0 aromatic heterocycles. The number of hydrogen-bond acceptors (Lipinski definition) is 6. The number of hydroxylamine groups is 2. The van der Waals surface area contributed by atoms with Crippen molar-refractivity contribution in [1.29, 1.82) is 0 Å². The van der Waals surface area contributed by atoms with Crippen LogP contribution < -0.4 is 10.1 Å². The number of benzene rings is 3. The van der Waals surface area contributed by atoms with Crippen LogP contribution in [0.25, 0.3) is 11.1 Å². The van der Waals surface area contributed by atoms with Gasteiger partial charge in [0.15, 0.2) is 0 Å². The molecule has 3 aromatic carbocycles. The maximum absolute atomic E-state index is 13.5. The van der Waals surface area contributed by atoms with E-state index in [2.05, 4.69) is 10.5 Å². The lowest BCUT2D eigenvalue weighted by Gasteiger charge is -2.41. The van der Waals surface area contributed by atoms with Crippen molar-refractivity contribution >= 4 is 28.8 Å². The third-order valence-electron chi connectivity index (χ3n) is 6.55. The molecule has 0 fully saturated rings. The minimum Gasteiger partial charge on any atom is -0.622 e. The number of carbonyl (C=O) groups is 2. The predicted octanol–water partition coefficient (Wildman–Crippen LogP) is 6.01. The normalized spacial score (nSPS) is 19.6. The van der Waals surface area contributed by atoms with E-state index in [0.29, 0.717) is 16.7 Å². The van der Waals surface area contributed by atoms with Crippen molar-refractivity contribution in [3.8, 4) is 16.9 Å². The van der Waals surface area contributed by atoms with Crippen LogP contribution in [-0.2, 0) is 11.0 Å². The zero-order valence-corrected chi connectivity index (χ0v) is 20.5. The lowest BCUT2D eigenvalue weighted by atomic mass is 9.92. The summed E-state index contributed by atoms with van der Waals surface area (Å²) in [6.07, 6.45) is 1.21. The van der Waals surface area contributed by atoms with Crippen LogP contribution in [0.3, 0.4) is 0 Å². The zero-order chi connectivity index (χ0) is 28.7. The van der Waals surface area contributed by atoms with E-state index < -0.39 is 28.1 Å². The molecule has 2 aliphatic rings. The van der Waals surface area contributed by atoms with Gasteiger partial charge in [-0.1, -0.05) is 30.3 Å². The molecular weight excluding hydrogens is 527 g/mol. The highest BCUT2D eigenvalue weighted by Gasteiger charge is 2.34. The average Bonchev–Trinajstić information content (AvgIpc) is 2.93. The van der Waals surface area contributed by atoms with Gasteiger partial charge in [-0.25, -0.2) is 4.79 Å². The molecule has 3 N–H and O–H groups in total. The topological polar surface area (TPSA) is 122 Å². The first-order valence-electron chi connectivity index (χ1n) is 11.9. The largest absolute Gasteiger partial charge is 0.622 e. The van der Waals surface area contributed by atoms with E-state index in [1.807, 2.05) is 0 Å². The van der Waals surface area contributed by atoms with Gasteiger partial charge in [0.05, 0.1) is 22.4 Å². The molecule has 1 heterocycles. The highest BCUT2D eigenvalue weighted by molar-refractivity contribution is 6.51. The van der Waals surface area contributed by atoms with Gasteiger partial charge in [0.1, 0.15) is 29.9 Å². The van der Waals surface area contributed by atoms with Gasteiger partial charge in [0, 0.05) is 17.7 Å². The molecule has 1 aliphatic carbocycles. The maximum Gasteiger partial charge on any atom is 0.416 e. The molecule has 0 saturated carbocycles.